The Bertz CT molecular complexity index is 949. The lowest BCUT2D eigenvalue weighted by molar-refractivity contribution is 0.0892. The van der Waals surface area contributed by atoms with Crippen molar-refractivity contribution in [2.45, 2.75) is 31.9 Å². The molecule has 1 fully saturated rings. The number of rotatable bonds is 5. The third-order valence-corrected chi connectivity index (χ3v) is 4.49. The molecule has 1 N–H and O–H groups in total. The molecular weight excluding hydrogens is 391 g/mol. The molecule has 1 amide bonds. The molecule has 1 unspecified atom stereocenters. The molecule has 0 spiro atoms. The van der Waals surface area contributed by atoms with E-state index in [0.29, 0.717) is 11.5 Å². The van der Waals surface area contributed by atoms with Gasteiger partial charge in [-0.1, -0.05) is 23.4 Å². The lowest BCUT2D eigenvalue weighted by Crippen LogP contribution is -2.37. The van der Waals surface area contributed by atoms with Crippen LogP contribution in [-0.4, -0.2) is 22.4 Å². The van der Waals surface area contributed by atoms with Gasteiger partial charge in [0.1, 0.15) is 5.69 Å². The molecule has 8 heteroatoms. The maximum Gasteiger partial charge on any atom is 0.281 e. The maximum absolute atomic E-state index is 15.1. The van der Waals surface area contributed by atoms with Crippen molar-refractivity contribution in [1.82, 2.24) is 15.3 Å². The van der Waals surface area contributed by atoms with Crippen LogP contribution in [-0.2, 0) is 5.67 Å². The fourth-order valence-corrected chi connectivity index (χ4v) is 2.87. The number of halogens is 4. The average molecular weight is 408 g/mol. The lowest BCUT2D eigenvalue weighted by atomic mass is 10.0. The number of alkyl halides is 3. The van der Waals surface area contributed by atoms with Gasteiger partial charge in [-0.3, -0.25) is 14.8 Å². The Hall–Kier alpha value is -2.59. The summed E-state index contributed by atoms with van der Waals surface area (Å²) in [5, 5.41) is 2.39. The number of aromatic nitrogens is 2. The highest BCUT2D eigenvalue weighted by molar-refractivity contribution is 6.31. The SMILES string of the molecule is CC(F)(CNC(=O)c1cccnc1C(F)F)c1ncc(C#CC2CC2)cc1Cl. The first kappa shape index (κ1) is 20.2. The summed E-state index contributed by atoms with van der Waals surface area (Å²) in [5.74, 6) is 5.57. The summed E-state index contributed by atoms with van der Waals surface area (Å²) in [6, 6.07) is 4.09. The largest absolute Gasteiger partial charge is 0.348 e. The summed E-state index contributed by atoms with van der Waals surface area (Å²) in [6.45, 7) is 0.706. The zero-order valence-electron chi connectivity index (χ0n) is 15.0. The molecule has 0 radical (unpaired) electrons. The summed E-state index contributed by atoms with van der Waals surface area (Å²) in [6.07, 6.45) is 1.83. The Morgan fingerprint density at radius 3 is 2.82 bits per heavy atom. The van der Waals surface area contributed by atoms with E-state index >= 15 is 4.39 Å². The third-order valence-electron chi connectivity index (χ3n) is 4.20. The first-order chi connectivity index (χ1) is 13.3. The summed E-state index contributed by atoms with van der Waals surface area (Å²) < 4.78 is 41.1. The molecule has 2 aromatic rings. The van der Waals surface area contributed by atoms with Crippen LogP contribution in [0, 0.1) is 17.8 Å². The minimum Gasteiger partial charge on any atom is -0.348 e. The molecule has 28 heavy (non-hydrogen) atoms. The van der Waals surface area contributed by atoms with Crippen molar-refractivity contribution < 1.29 is 18.0 Å². The molecule has 2 heterocycles. The van der Waals surface area contributed by atoms with Gasteiger partial charge in [-0.2, -0.15) is 0 Å². The highest BCUT2D eigenvalue weighted by Gasteiger charge is 2.31. The van der Waals surface area contributed by atoms with Crippen LogP contribution >= 0.6 is 11.6 Å². The van der Waals surface area contributed by atoms with Crippen molar-refractivity contribution >= 4 is 17.5 Å². The number of nitrogens with one attached hydrogen (secondary N) is 1. The Morgan fingerprint density at radius 1 is 1.43 bits per heavy atom. The van der Waals surface area contributed by atoms with Crippen molar-refractivity contribution in [1.29, 1.82) is 0 Å². The number of hydrogen-bond acceptors (Lipinski definition) is 3. The van der Waals surface area contributed by atoms with Crippen LogP contribution in [0.4, 0.5) is 13.2 Å². The van der Waals surface area contributed by atoms with Crippen molar-refractivity contribution in [2.75, 3.05) is 6.54 Å². The van der Waals surface area contributed by atoms with Crippen LogP contribution in [0.3, 0.4) is 0 Å². The maximum atomic E-state index is 15.1. The molecule has 3 rings (SSSR count). The molecule has 0 aliphatic heterocycles. The second-order valence-corrected chi connectivity index (χ2v) is 7.12. The highest BCUT2D eigenvalue weighted by Crippen LogP contribution is 2.31. The van der Waals surface area contributed by atoms with E-state index in [4.69, 9.17) is 11.6 Å². The van der Waals surface area contributed by atoms with Crippen molar-refractivity contribution in [3.05, 3.63) is 58.1 Å². The van der Waals surface area contributed by atoms with E-state index in [1.54, 1.807) is 0 Å². The molecule has 1 atom stereocenters. The average Bonchev–Trinajstić information content (AvgIpc) is 3.49. The number of carbonyl (C=O) groups is 1. The fraction of sp³-hybridized carbons (Fsp3) is 0.350. The van der Waals surface area contributed by atoms with E-state index in [-0.39, 0.29) is 16.3 Å². The standard InChI is InChI=1S/C20H17ClF3N3O/c1-20(24,11-27-19(28)14-3-2-8-25-16(14)18(22)23)17-15(21)9-13(10-26-17)7-6-12-4-5-12/h2-3,8-10,12,18H,4-5,11H2,1H3,(H,27,28). The Morgan fingerprint density at radius 2 is 2.18 bits per heavy atom. The monoisotopic (exact) mass is 407 g/mol. The number of pyridine rings is 2. The predicted octanol–water partition coefficient (Wildman–Crippen LogP) is 4.44. The van der Waals surface area contributed by atoms with Gasteiger partial charge in [0.15, 0.2) is 5.67 Å². The Kier molecular flexibility index (Phi) is 5.90. The summed E-state index contributed by atoms with van der Waals surface area (Å²) in [4.78, 5) is 19.8. The van der Waals surface area contributed by atoms with Crippen molar-refractivity contribution in [3.63, 3.8) is 0 Å². The molecule has 146 valence electrons. The van der Waals surface area contributed by atoms with Crippen LogP contribution < -0.4 is 5.32 Å². The van der Waals surface area contributed by atoms with Crippen LogP contribution in [0.15, 0.2) is 30.6 Å². The van der Waals surface area contributed by atoms with Crippen LogP contribution in [0.1, 0.15) is 53.5 Å². The van der Waals surface area contributed by atoms with Crippen LogP contribution in [0.5, 0.6) is 0 Å². The van der Waals surface area contributed by atoms with E-state index in [2.05, 4.69) is 27.1 Å². The minimum absolute atomic E-state index is 0.0632. The first-order valence-electron chi connectivity index (χ1n) is 8.65. The number of hydrogen-bond donors (Lipinski definition) is 1. The van der Waals surface area contributed by atoms with Gasteiger partial charge in [-0.25, -0.2) is 13.2 Å². The molecule has 0 saturated heterocycles. The van der Waals surface area contributed by atoms with Gasteiger partial charge >= 0.3 is 0 Å². The third kappa shape index (κ3) is 4.82. The normalized spacial score (nSPS) is 15.5. The van der Waals surface area contributed by atoms with E-state index in [1.807, 2.05) is 0 Å². The van der Waals surface area contributed by atoms with Gasteiger partial charge in [0.25, 0.3) is 12.3 Å². The van der Waals surface area contributed by atoms with E-state index in [9.17, 15) is 13.6 Å². The summed E-state index contributed by atoms with van der Waals surface area (Å²) >= 11 is 6.15. The van der Waals surface area contributed by atoms with Crippen molar-refractivity contribution in [3.8, 4) is 11.8 Å². The van der Waals surface area contributed by atoms with E-state index < -0.39 is 30.2 Å². The zero-order valence-corrected chi connectivity index (χ0v) is 15.7. The minimum atomic E-state index is -2.92. The van der Waals surface area contributed by atoms with E-state index in [0.717, 1.165) is 19.0 Å². The summed E-state index contributed by atoms with van der Waals surface area (Å²) in [7, 11) is 0. The molecular formula is C20H17ClF3N3O. The van der Waals surface area contributed by atoms with E-state index in [1.165, 1.54) is 31.3 Å². The molecule has 0 aromatic carbocycles. The molecule has 4 nitrogen and oxygen atoms in total. The quantitative estimate of drug-likeness (QED) is 0.745. The predicted molar refractivity (Wildman–Crippen MR) is 98.8 cm³/mol. The van der Waals surface area contributed by atoms with Gasteiger partial charge in [-0.05, 0) is 38.0 Å². The molecule has 0 bridgehead atoms. The second kappa shape index (κ2) is 8.19. The zero-order chi connectivity index (χ0) is 20.3. The van der Waals surface area contributed by atoms with Crippen LogP contribution in [0.25, 0.3) is 0 Å². The number of amides is 1. The van der Waals surface area contributed by atoms with Crippen molar-refractivity contribution in [2.24, 2.45) is 5.92 Å². The van der Waals surface area contributed by atoms with Gasteiger partial charge in [-0.15, -0.1) is 0 Å². The highest BCUT2D eigenvalue weighted by atomic mass is 35.5. The topological polar surface area (TPSA) is 54.9 Å². The van der Waals surface area contributed by atoms with Gasteiger partial charge in [0.2, 0.25) is 0 Å². The van der Waals surface area contributed by atoms with Crippen LogP contribution in [0.2, 0.25) is 5.02 Å². The molecule has 1 aliphatic rings. The Labute approximate surface area is 165 Å². The van der Waals surface area contributed by atoms with Gasteiger partial charge < -0.3 is 5.32 Å². The number of nitrogens with zero attached hydrogens (tertiary/aromatic N) is 2. The molecule has 1 saturated carbocycles. The number of carbonyl (C=O) groups excluding carboxylic acids is 1. The lowest BCUT2D eigenvalue weighted by Gasteiger charge is -2.21. The smallest absolute Gasteiger partial charge is 0.281 e. The fourth-order valence-electron chi connectivity index (χ4n) is 2.51. The second-order valence-electron chi connectivity index (χ2n) is 6.72. The Balaban J connectivity index is 1.71. The van der Waals surface area contributed by atoms with Gasteiger partial charge in [0.05, 0.1) is 22.8 Å². The first-order valence-corrected chi connectivity index (χ1v) is 9.03. The summed E-state index contributed by atoms with van der Waals surface area (Å²) in [5.41, 5.74) is -2.56. The molecule has 2 aromatic heterocycles. The molecule has 1 aliphatic carbocycles. The van der Waals surface area contributed by atoms with Gasteiger partial charge in [0, 0.05) is 23.9 Å².